The molecule has 2 aliphatic heterocycles. The highest BCUT2D eigenvalue weighted by Crippen LogP contribution is 2.35. The van der Waals surface area contributed by atoms with Crippen LogP contribution >= 0.6 is 23.7 Å². The first-order valence-electron chi connectivity index (χ1n) is 13.3. The zero-order valence-corrected chi connectivity index (χ0v) is 25.0. The highest BCUT2D eigenvalue weighted by atomic mass is 32.2. The Morgan fingerprint density at radius 2 is 1.86 bits per heavy atom. The number of hydrogen-bond acceptors (Lipinski definition) is 8. The van der Waals surface area contributed by atoms with Gasteiger partial charge in [0.1, 0.15) is 6.61 Å². The number of methoxy groups -OCH3 is 1. The van der Waals surface area contributed by atoms with Crippen molar-refractivity contribution in [3.05, 3.63) is 34.5 Å². The second-order valence-corrected chi connectivity index (χ2v) is 11.5. The topological polar surface area (TPSA) is 48.5 Å². The van der Waals surface area contributed by atoms with Gasteiger partial charge in [-0.2, -0.15) is 11.8 Å². The molecule has 0 aliphatic carbocycles. The molecule has 2 aliphatic rings. The summed E-state index contributed by atoms with van der Waals surface area (Å²) >= 11 is 3.77. The molecule has 206 valence electrons. The summed E-state index contributed by atoms with van der Waals surface area (Å²) in [6, 6.07) is 0.275. The van der Waals surface area contributed by atoms with Gasteiger partial charge in [0.05, 0.1) is 26.0 Å². The van der Waals surface area contributed by atoms with Crippen LogP contribution in [0.15, 0.2) is 34.5 Å². The number of carbonyl (C=O) groups excluding carboxylic acids is 1. The summed E-state index contributed by atoms with van der Waals surface area (Å²) in [6.07, 6.45) is 5.89. The molecule has 0 aromatic carbocycles. The molecular formula is C27H48N4O3S2. The summed E-state index contributed by atoms with van der Waals surface area (Å²) in [6.45, 7) is 20.4. The van der Waals surface area contributed by atoms with E-state index in [1.54, 1.807) is 25.3 Å². The van der Waals surface area contributed by atoms with Crippen molar-refractivity contribution in [3.63, 3.8) is 0 Å². The van der Waals surface area contributed by atoms with Gasteiger partial charge in [-0.05, 0) is 63.0 Å². The monoisotopic (exact) mass is 540 g/mol. The molecule has 2 saturated heterocycles. The third-order valence-electron chi connectivity index (χ3n) is 6.87. The number of likely N-dealkylation sites (N-methyl/N-ethyl adjacent to an activating group) is 1. The lowest BCUT2D eigenvalue weighted by Gasteiger charge is -2.36. The first-order valence-corrected chi connectivity index (χ1v) is 15.2. The Balaban J connectivity index is 1.82. The summed E-state index contributed by atoms with van der Waals surface area (Å²) in [7, 11) is 1.67. The van der Waals surface area contributed by atoms with Crippen LogP contribution in [-0.4, -0.2) is 122 Å². The smallest absolute Gasteiger partial charge is 0.248 e. The molecular weight excluding hydrogens is 492 g/mol. The van der Waals surface area contributed by atoms with Crippen molar-refractivity contribution >= 4 is 29.6 Å². The molecule has 2 fully saturated rings. The van der Waals surface area contributed by atoms with Crippen LogP contribution in [0.2, 0.25) is 0 Å². The van der Waals surface area contributed by atoms with Gasteiger partial charge < -0.3 is 19.3 Å². The zero-order valence-electron chi connectivity index (χ0n) is 23.3. The first-order chi connectivity index (χ1) is 17.4. The van der Waals surface area contributed by atoms with Crippen molar-refractivity contribution in [2.24, 2.45) is 0 Å². The minimum Gasteiger partial charge on any atom is -0.504 e. The van der Waals surface area contributed by atoms with Gasteiger partial charge in [0.25, 0.3) is 0 Å². The third-order valence-corrected chi connectivity index (χ3v) is 9.51. The normalized spacial score (nSPS) is 21.4. The largest absolute Gasteiger partial charge is 0.504 e. The van der Waals surface area contributed by atoms with Crippen LogP contribution in [0, 0.1) is 0 Å². The Bertz CT molecular complexity index is 747. The SMILES string of the molecule is C\C=C(C)/C(SN1CCSCC1COCC(=O)N1CCN(CCN(CC)CC)CC1)=C(C)\C=C\OC. The van der Waals surface area contributed by atoms with Crippen LogP contribution in [0.25, 0.3) is 0 Å². The van der Waals surface area contributed by atoms with E-state index in [2.05, 4.69) is 54.8 Å². The van der Waals surface area contributed by atoms with Crippen molar-refractivity contribution in [1.29, 1.82) is 0 Å². The molecule has 1 atom stereocenters. The lowest BCUT2D eigenvalue weighted by molar-refractivity contribution is -0.138. The Hall–Kier alpha value is -0.970. The zero-order chi connectivity index (χ0) is 26.3. The fourth-order valence-corrected chi connectivity index (χ4v) is 6.68. The van der Waals surface area contributed by atoms with Gasteiger partial charge in [-0.25, -0.2) is 4.31 Å². The Kier molecular flexibility index (Phi) is 15.2. The predicted molar refractivity (Wildman–Crippen MR) is 155 cm³/mol. The second-order valence-electron chi connectivity index (χ2n) is 9.25. The lowest BCUT2D eigenvalue weighted by Crippen LogP contribution is -2.51. The van der Waals surface area contributed by atoms with Gasteiger partial charge in [0.2, 0.25) is 5.91 Å². The molecule has 2 heterocycles. The molecule has 9 heteroatoms. The summed E-state index contributed by atoms with van der Waals surface area (Å²) in [4.78, 5) is 20.9. The predicted octanol–water partition coefficient (Wildman–Crippen LogP) is 3.95. The van der Waals surface area contributed by atoms with E-state index < -0.39 is 0 Å². The highest BCUT2D eigenvalue weighted by molar-refractivity contribution is 8.02. The van der Waals surface area contributed by atoms with E-state index in [4.69, 9.17) is 9.47 Å². The minimum atomic E-state index is 0.118. The third kappa shape index (κ3) is 10.4. The number of allylic oxidation sites excluding steroid dienone is 4. The average molecular weight is 541 g/mol. The van der Waals surface area contributed by atoms with Crippen molar-refractivity contribution < 1.29 is 14.3 Å². The minimum absolute atomic E-state index is 0.118. The number of rotatable bonds is 14. The summed E-state index contributed by atoms with van der Waals surface area (Å²) in [5.41, 5.74) is 2.43. The number of amides is 1. The van der Waals surface area contributed by atoms with Crippen LogP contribution in [-0.2, 0) is 14.3 Å². The summed E-state index contributed by atoms with van der Waals surface area (Å²) < 4.78 is 13.6. The van der Waals surface area contributed by atoms with Crippen LogP contribution in [0.1, 0.15) is 34.6 Å². The molecule has 36 heavy (non-hydrogen) atoms. The number of ether oxygens (including phenoxy) is 2. The van der Waals surface area contributed by atoms with Crippen molar-refractivity contribution in [3.8, 4) is 0 Å². The van der Waals surface area contributed by atoms with E-state index >= 15 is 0 Å². The molecule has 0 spiro atoms. The molecule has 1 amide bonds. The van der Waals surface area contributed by atoms with Gasteiger partial charge in [-0.3, -0.25) is 9.69 Å². The second kappa shape index (κ2) is 17.5. The Labute approximate surface area is 228 Å². The summed E-state index contributed by atoms with van der Waals surface area (Å²) in [5.74, 6) is 2.24. The number of hydrogen-bond donors (Lipinski definition) is 0. The van der Waals surface area contributed by atoms with Crippen molar-refractivity contribution in [2.75, 3.05) is 90.7 Å². The van der Waals surface area contributed by atoms with Gasteiger partial charge in [0.15, 0.2) is 0 Å². The molecule has 7 nitrogen and oxygen atoms in total. The molecule has 0 aromatic rings. The molecule has 0 bridgehead atoms. The number of nitrogens with zero attached hydrogens (tertiary/aromatic N) is 4. The molecule has 0 saturated carbocycles. The van der Waals surface area contributed by atoms with Crippen LogP contribution in [0.5, 0.6) is 0 Å². The van der Waals surface area contributed by atoms with Crippen LogP contribution in [0.4, 0.5) is 0 Å². The Morgan fingerprint density at radius 3 is 2.50 bits per heavy atom. The van der Waals surface area contributed by atoms with E-state index in [1.807, 2.05) is 22.7 Å². The van der Waals surface area contributed by atoms with E-state index in [-0.39, 0.29) is 18.6 Å². The van der Waals surface area contributed by atoms with Crippen LogP contribution in [0.3, 0.4) is 0 Å². The standard InChI is InChI=1S/C27H48N4O3S2/c1-7-23(4)27(24(5)10-18-33-6)36-31-17-19-35-22-25(31)20-34-21-26(32)30-15-13-29(14-16-30)12-11-28(8-2)9-3/h7,10,18,25H,8-9,11-17,19-22H2,1-6H3/b18-10+,23-7-,27-24+. The molecule has 0 radical (unpaired) electrons. The van der Waals surface area contributed by atoms with Crippen molar-refractivity contribution in [1.82, 2.24) is 19.0 Å². The lowest BCUT2D eigenvalue weighted by atomic mass is 10.2. The maximum absolute atomic E-state index is 12.8. The van der Waals surface area contributed by atoms with Gasteiger partial charge in [0, 0.05) is 62.2 Å². The highest BCUT2D eigenvalue weighted by Gasteiger charge is 2.27. The van der Waals surface area contributed by atoms with E-state index in [1.165, 1.54) is 16.1 Å². The molecule has 2 rings (SSSR count). The van der Waals surface area contributed by atoms with Gasteiger partial charge in [-0.15, -0.1) is 0 Å². The van der Waals surface area contributed by atoms with Crippen molar-refractivity contribution in [2.45, 2.75) is 40.7 Å². The van der Waals surface area contributed by atoms with Gasteiger partial charge >= 0.3 is 0 Å². The van der Waals surface area contributed by atoms with E-state index in [9.17, 15) is 4.79 Å². The molecule has 0 aromatic heterocycles. The van der Waals surface area contributed by atoms with E-state index in [0.29, 0.717) is 6.61 Å². The average Bonchev–Trinajstić information content (AvgIpc) is 2.91. The molecule has 0 N–H and O–H groups in total. The van der Waals surface area contributed by atoms with Crippen LogP contribution < -0.4 is 0 Å². The number of piperazine rings is 1. The summed E-state index contributed by atoms with van der Waals surface area (Å²) in [5, 5.41) is 0. The maximum Gasteiger partial charge on any atom is 0.248 e. The fourth-order valence-electron chi connectivity index (χ4n) is 4.26. The van der Waals surface area contributed by atoms with E-state index in [0.717, 1.165) is 70.4 Å². The number of carbonyl (C=O) groups is 1. The Morgan fingerprint density at radius 1 is 1.14 bits per heavy atom. The maximum atomic E-state index is 12.8. The van der Waals surface area contributed by atoms with Gasteiger partial charge in [-0.1, -0.05) is 19.9 Å². The quantitative estimate of drug-likeness (QED) is 0.187. The molecule has 1 unspecified atom stereocenters. The number of thioether (sulfide) groups is 1. The fraction of sp³-hybridized carbons (Fsp3) is 0.741. The first kappa shape index (κ1) is 31.2.